The van der Waals surface area contributed by atoms with E-state index >= 15 is 0 Å². The molecule has 0 saturated carbocycles. The van der Waals surface area contributed by atoms with Crippen molar-refractivity contribution in [2.45, 2.75) is 45.8 Å². The van der Waals surface area contributed by atoms with E-state index in [2.05, 4.69) is 22.3 Å². The smallest absolute Gasteiger partial charge is 0.263 e. The van der Waals surface area contributed by atoms with Gasteiger partial charge in [0, 0.05) is 29.2 Å². The van der Waals surface area contributed by atoms with E-state index in [1.807, 2.05) is 36.9 Å². The lowest BCUT2D eigenvalue weighted by atomic mass is 10.1. The minimum Gasteiger partial charge on any atom is -0.356 e. The van der Waals surface area contributed by atoms with E-state index < -0.39 is 6.43 Å². The number of hydrogen-bond donors (Lipinski definition) is 1. The predicted molar refractivity (Wildman–Crippen MR) is 115 cm³/mol. The van der Waals surface area contributed by atoms with Crippen molar-refractivity contribution in [2.75, 3.05) is 11.9 Å². The molecule has 0 amide bonds. The number of rotatable bonds is 4. The normalized spacial score (nSPS) is 16.7. The lowest BCUT2D eigenvalue weighted by Gasteiger charge is -2.23. The number of alkyl halides is 2. The Kier molecular flexibility index (Phi) is 6.01. The van der Waals surface area contributed by atoms with Gasteiger partial charge in [0.05, 0.1) is 23.0 Å². The summed E-state index contributed by atoms with van der Waals surface area (Å²) >= 11 is 0. The van der Waals surface area contributed by atoms with Gasteiger partial charge in [-0.15, -0.1) is 0 Å². The molecule has 2 aromatic carbocycles. The maximum atomic E-state index is 13.1. The molecule has 1 atom stereocenters. The Balaban J connectivity index is 1.75. The van der Waals surface area contributed by atoms with Crippen LogP contribution >= 0.6 is 0 Å². The monoisotopic (exact) mass is 409 g/mol. The Bertz CT molecular complexity index is 1090. The van der Waals surface area contributed by atoms with Gasteiger partial charge >= 0.3 is 0 Å². The predicted octanol–water partition coefficient (Wildman–Crippen LogP) is 6.42. The Morgan fingerprint density at radius 2 is 2.07 bits per heavy atom. The molecule has 4 rings (SSSR count). The van der Waals surface area contributed by atoms with Crippen LogP contribution in [0.25, 0.3) is 10.9 Å². The first-order valence-corrected chi connectivity index (χ1v) is 10.3. The summed E-state index contributed by atoms with van der Waals surface area (Å²) < 4.78 is 34.0. The molecule has 156 valence electrons. The van der Waals surface area contributed by atoms with Crippen molar-refractivity contribution >= 4 is 22.3 Å². The fourth-order valence-electron chi connectivity index (χ4n) is 3.58. The number of halogens is 2. The van der Waals surface area contributed by atoms with Crippen molar-refractivity contribution in [3.8, 4) is 11.8 Å². The molecule has 4 nitrogen and oxygen atoms in total. The molecule has 1 aliphatic heterocycles. The molecule has 1 aromatic heterocycles. The van der Waals surface area contributed by atoms with E-state index in [9.17, 15) is 8.78 Å². The number of nitrogens with one attached hydrogen (secondary N) is 1. The minimum atomic E-state index is -2.51. The maximum absolute atomic E-state index is 13.1. The van der Waals surface area contributed by atoms with Crippen LogP contribution in [0.15, 0.2) is 42.6 Å². The highest BCUT2D eigenvalue weighted by Crippen LogP contribution is 2.31. The van der Waals surface area contributed by atoms with E-state index in [0.717, 1.165) is 48.0 Å². The van der Waals surface area contributed by atoms with E-state index in [-0.39, 0.29) is 17.7 Å². The van der Waals surface area contributed by atoms with Crippen LogP contribution in [0.4, 0.5) is 20.2 Å². The van der Waals surface area contributed by atoms with E-state index in [0.29, 0.717) is 5.69 Å². The Morgan fingerprint density at radius 1 is 1.20 bits per heavy atom. The van der Waals surface area contributed by atoms with Gasteiger partial charge in [-0.05, 0) is 43.5 Å². The van der Waals surface area contributed by atoms with Crippen molar-refractivity contribution in [3.05, 3.63) is 53.7 Å². The number of fused-ring (bicyclic) bond motifs is 1. The molecule has 0 spiro atoms. The quantitative estimate of drug-likeness (QED) is 0.505. The van der Waals surface area contributed by atoms with Gasteiger partial charge < -0.3 is 10.1 Å². The summed E-state index contributed by atoms with van der Waals surface area (Å²) in [5, 5.41) is 8.78. The number of hydrogen-bond acceptors (Lipinski definition) is 3. The van der Waals surface area contributed by atoms with Crippen LogP contribution in [0.2, 0.25) is 0 Å². The van der Waals surface area contributed by atoms with E-state index in [1.54, 1.807) is 12.1 Å². The molecule has 6 heteroatoms. The van der Waals surface area contributed by atoms with Crippen LogP contribution in [0.3, 0.4) is 0 Å². The van der Waals surface area contributed by atoms with Crippen molar-refractivity contribution in [1.82, 2.24) is 9.78 Å². The zero-order valence-electron chi connectivity index (χ0n) is 17.2. The van der Waals surface area contributed by atoms with Crippen LogP contribution in [0.1, 0.15) is 56.9 Å². The number of ether oxygens (including phenoxy) is 1. The molecule has 0 aliphatic carbocycles. The lowest BCUT2D eigenvalue weighted by Crippen LogP contribution is -2.19. The summed E-state index contributed by atoms with van der Waals surface area (Å²) in [5.74, 6) is 6.65. The fourth-order valence-corrected chi connectivity index (χ4v) is 3.58. The third kappa shape index (κ3) is 4.47. The summed E-state index contributed by atoms with van der Waals surface area (Å²) in [7, 11) is 0. The highest BCUT2D eigenvalue weighted by atomic mass is 19.3. The Hall–Kier alpha value is -2.91. The van der Waals surface area contributed by atoms with Gasteiger partial charge in [-0.2, -0.15) is 5.10 Å². The van der Waals surface area contributed by atoms with Gasteiger partial charge in [-0.1, -0.05) is 37.8 Å². The first-order valence-electron chi connectivity index (χ1n) is 10.3. The molecule has 1 unspecified atom stereocenters. The second kappa shape index (κ2) is 8.85. The summed E-state index contributed by atoms with van der Waals surface area (Å²) in [6.45, 7) is 4.81. The van der Waals surface area contributed by atoms with E-state index in [1.165, 1.54) is 12.1 Å². The number of anilines is 2. The summed E-state index contributed by atoms with van der Waals surface area (Å²) in [6.07, 6.45) is 2.36. The van der Waals surface area contributed by atoms with Crippen LogP contribution in [0.5, 0.6) is 0 Å². The highest BCUT2D eigenvalue weighted by molar-refractivity contribution is 5.87. The molecule has 2 heterocycles. The Labute approximate surface area is 175 Å². The van der Waals surface area contributed by atoms with Gasteiger partial charge in [0.25, 0.3) is 6.43 Å². The fraction of sp³-hybridized carbons (Fsp3) is 0.375. The molecular formula is C24H25F2N3O. The number of aromatic nitrogens is 2. The van der Waals surface area contributed by atoms with Crippen LogP contribution < -0.4 is 5.32 Å². The molecule has 1 aliphatic rings. The topological polar surface area (TPSA) is 39.1 Å². The molecule has 1 fully saturated rings. The van der Waals surface area contributed by atoms with Crippen molar-refractivity contribution in [2.24, 2.45) is 5.92 Å². The first-order chi connectivity index (χ1) is 14.5. The molecule has 30 heavy (non-hydrogen) atoms. The maximum Gasteiger partial charge on any atom is 0.263 e. The molecule has 3 aromatic rings. The Morgan fingerprint density at radius 3 is 2.80 bits per heavy atom. The molecule has 0 radical (unpaired) electrons. The third-order valence-corrected chi connectivity index (χ3v) is 5.08. The third-order valence-electron chi connectivity index (χ3n) is 5.08. The second-order valence-corrected chi connectivity index (χ2v) is 7.84. The SMILES string of the molecule is CC(C)C#Cc1cc2c(cnn2C2CCCCO2)cc1Nc1cccc(C(F)F)c1. The summed E-state index contributed by atoms with van der Waals surface area (Å²) in [4.78, 5) is 0. The average Bonchev–Trinajstić information content (AvgIpc) is 3.15. The van der Waals surface area contributed by atoms with Gasteiger partial charge in [0.15, 0.2) is 6.23 Å². The number of benzene rings is 2. The van der Waals surface area contributed by atoms with Crippen LogP contribution in [-0.2, 0) is 4.74 Å². The standard InChI is InChI=1S/C24H25F2N3O/c1-16(2)9-10-17-14-22-19(15-27-29(22)23-8-3-4-11-30-23)13-21(17)28-20-7-5-6-18(12-20)24(25)26/h5-7,12-16,23-24,28H,3-4,8,11H2,1-2H3. The minimum absolute atomic E-state index is 0.0156. The van der Waals surface area contributed by atoms with Crippen molar-refractivity contribution < 1.29 is 13.5 Å². The van der Waals surface area contributed by atoms with Crippen molar-refractivity contribution in [1.29, 1.82) is 0 Å². The van der Waals surface area contributed by atoms with Gasteiger partial charge in [0.1, 0.15) is 0 Å². The molecule has 1 N–H and O–H groups in total. The highest BCUT2D eigenvalue weighted by Gasteiger charge is 2.19. The number of nitrogens with zero attached hydrogens (tertiary/aromatic N) is 2. The van der Waals surface area contributed by atoms with Crippen LogP contribution in [-0.4, -0.2) is 16.4 Å². The van der Waals surface area contributed by atoms with E-state index in [4.69, 9.17) is 4.74 Å². The summed E-state index contributed by atoms with van der Waals surface area (Å²) in [6, 6.07) is 10.3. The van der Waals surface area contributed by atoms with Gasteiger partial charge in [-0.25, -0.2) is 13.5 Å². The first kappa shape index (κ1) is 20.4. The zero-order valence-corrected chi connectivity index (χ0v) is 17.2. The lowest BCUT2D eigenvalue weighted by molar-refractivity contribution is -0.0366. The van der Waals surface area contributed by atoms with Crippen molar-refractivity contribution in [3.63, 3.8) is 0 Å². The second-order valence-electron chi connectivity index (χ2n) is 7.84. The summed E-state index contributed by atoms with van der Waals surface area (Å²) in [5.41, 5.74) is 3.12. The van der Waals surface area contributed by atoms with Gasteiger partial charge in [0.2, 0.25) is 0 Å². The average molecular weight is 409 g/mol. The molecular weight excluding hydrogens is 384 g/mol. The zero-order chi connectivity index (χ0) is 21.1. The molecule has 1 saturated heterocycles. The largest absolute Gasteiger partial charge is 0.356 e. The molecule has 0 bridgehead atoms. The van der Waals surface area contributed by atoms with Crippen LogP contribution in [0, 0.1) is 17.8 Å². The van der Waals surface area contributed by atoms with Gasteiger partial charge in [-0.3, -0.25) is 0 Å².